The van der Waals surface area contributed by atoms with E-state index in [2.05, 4.69) is 15.9 Å². The van der Waals surface area contributed by atoms with Crippen LogP contribution in [0.2, 0.25) is 0 Å². The number of halogens is 1. The molecule has 2 aliphatic rings. The van der Waals surface area contributed by atoms with E-state index in [1.165, 1.54) is 5.75 Å². The molecule has 0 saturated carbocycles. The quantitative estimate of drug-likeness (QED) is 0.869. The standard InChI is InChI=1S/C16H21BrO2S/c1-15(18,12-3-2-4-14(17)9-12)13-5-7-19-16(10-13)6-8-20-11-16/h2-4,9,13,18H,5-8,10-11H2,1H3. The molecule has 0 bridgehead atoms. The van der Waals surface area contributed by atoms with Gasteiger partial charge in [-0.15, -0.1) is 0 Å². The third kappa shape index (κ3) is 2.80. The van der Waals surface area contributed by atoms with Gasteiger partial charge in [0.25, 0.3) is 0 Å². The Morgan fingerprint density at radius 3 is 3.05 bits per heavy atom. The van der Waals surface area contributed by atoms with Crippen molar-refractivity contribution in [2.24, 2.45) is 5.92 Å². The lowest BCUT2D eigenvalue weighted by molar-refractivity contribution is -0.129. The second-order valence-electron chi connectivity index (χ2n) is 6.18. The minimum absolute atomic E-state index is 0.0174. The van der Waals surface area contributed by atoms with Crippen molar-refractivity contribution in [3.8, 4) is 0 Å². The first-order valence-electron chi connectivity index (χ1n) is 7.22. The van der Waals surface area contributed by atoms with E-state index in [1.54, 1.807) is 0 Å². The van der Waals surface area contributed by atoms with Crippen molar-refractivity contribution < 1.29 is 9.84 Å². The van der Waals surface area contributed by atoms with Gasteiger partial charge in [0.05, 0.1) is 11.2 Å². The Labute approximate surface area is 133 Å². The van der Waals surface area contributed by atoms with Crippen molar-refractivity contribution in [2.45, 2.75) is 37.4 Å². The maximum Gasteiger partial charge on any atom is 0.0898 e. The van der Waals surface area contributed by atoms with E-state index in [1.807, 2.05) is 43.0 Å². The van der Waals surface area contributed by atoms with Crippen LogP contribution >= 0.6 is 27.7 Å². The maximum absolute atomic E-state index is 11.1. The van der Waals surface area contributed by atoms with Crippen molar-refractivity contribution in [3.63, 3.8) is 0 Å². The van der Waals surface area contributed by atoms with E-state index in [-0.39, 0.29) is 11.5 Å². The van der Waals surface area contributed by atoms with Crippen LogP contribution in [0.5, 0.6) is 0 Å². The molecule has 0 radical (unpaired) electrons. The molecule has 1 spiro atoms. The summed E-state index contributed by atoms with van der Waals surface area (Å²) in [6.07, 6.45) is 3.04. The summed E-state index contributed by atoms with van der Waals surface area (Å²) < 4.78 is 7.09. The van der Waals surface area contributed by atoms with Gasteiger partial charge >= 0.3 is 0 Å². The normalized spacial score (nSPS) is 33.2. The average Bonchev–Trinajstić information content (AvgIpc) is 2.87. The van der Waals surface area contributed by atoms with Crippen LogP contribution in [0.25, 0.3) is 0 Å². The molecule has 1 N–H and O–H groups in total. The fourth-order valence-corrected chi connectivity index (χ4v) is 5.19. The highest BCUT2D eigenvalue weighted by molar-refractivity contribution is 9.10. The lowest BCUT2D eigenvalue weighted by atomic mass is 9.73. The zero-order valence-corrected chi connectivity index (χ0v) is 14.2. The molecule has 110 valence electrons. The van der Waals surface area contributed by atoms with Gasteiger partial charge in [-0.3, -0.25) is 0 Å². The van der Waals surface area contributed by atoms with E-state index >= 15 is 0 Å². The summed E-state index contributed by atoms with van der Waals surface area (Å²) in [4.78, 5) is 0. The minimum atomic E-state index is -0.784. The summed E-state index contributed by atoms with van der Waals surface area (Å²) in [6, 6.07) is 8.05. The van der Waals surface area contributed by atoms with Crippen molar-refractivity contribution in [1.82, 2.24) is 0 Å². The number of rotatable bonds is 2. The van der Waals surface area contributed by atoms with Gasteiger partial charge < -0.3 is 9.84 Å². The number of ether oxygens (including phenoxy) is 1. The Morgan fingerprint density at radius 1 is 1.50 bits per heavy atom. The highest BCUT2D eigenvalue weighted by atomic mass is 79.9. The Balaban J connectivity index is 1.83. The van der Waals surface area contributed by atoms with Gasteiger partial charge in [-0.2, -0.15) is 11.8 Å². The van der Waals surface area contributed by atoms with Gasteiger partial charge in [0.2, 0.25) is 0 Å². The Morgan fingerprint density at radius 2 is 2.35 bits per heavy atom. The summed E-state index contributed by atoms with van der Waals surface area (Å²) in [5.41, 5.74) is 0.233. The second-order valence-corrected chi connectivity index (χ2v) is 8.20. The molecule has 3 unspecified atom stereocenters. The number of hydrogen-bond acceptors (Lipinski definition) is 3. The molecule has 2 fully saturated rings. The Kier molecular flexibility index (Phi) is 4.20. The molecule has 4 heteroatoms. The topological polar surface area (TPSA) is 29.5 Å². The van der Waals surface area contributed by atoms with Crippen LogP contribution in [-0.2, 0) is 10.3 Å². The molecular weight excluding hydrogens is 336 g/mol. The second kappa shape index (κ2) is 5.64. The van der Waals surface area contributed by atoms with Crippen LogP contribution < -0.4 is 0 Å². The van der Waals surface area contributed by atoms with E-state index < -0.39 is 5.60 Å². The molecule has 2 saturated heterocycles. The molecule has 2 heterocycles. The first-order valence-corrected chi connectivity index (χ1v) is 9.17. The lowest BCUT2D eigenvalue weighted by Gasteiger charge is -2.44. The van der Waals surface area contributed by atoms with Crippen molar-refractivity contribution >= 4 is 27.7 Å². The monoisotopic (exact) mass is 356 g/mol. The van der Waals surface area contributed by atoms with Crippen LogP contribution in [0.4, 0.5) is 0 Å². The van der Waals surface area contributed by atoms with Gasteiger partial charge in [0, 0.05) is 16.8 Å². The largest absolute Gasteiger partial charge is 0.385 e. The van der Waals surface area contributed by atoms with Gasteiger partial charge in [-0.1, -0.05) is 28.1 Å². The highest BCUT2D eigenvalue weighted by Crippen LogP contribution is 2.46. The third-order valence-electron chi connectivity index (χ3n) is 4.76. The fourth-order valence-electron chi connectivity index (χ4n) is 3.41. The minimum Gasteiger partial charge on any atom is -0.385 e. The predicted molar refractivity (Wildman–Crippen MR) is 87.1 cm³/mol. The summed E-state index contributed by atoms with van der Waals surface area (Å²) >= 11 is 5.48. The molecule has 20 heavy (non-hydrogen) atoms. The Hall–Kier alpha value is -0.0300. The third-order valence-corrected chi connectivity index (χ3v) is 6.48. The van der Waals surface area contributed by atoms with Gasteiger partial charge in [0.15, 0.2) is 0 Å². The van der Waals surface area contributed by atoms with Crippen LogP contribution in [0.1, 0.15) is 31.7 Å². The highest BCUT2D eigenvalue weighted by Gasteiger charge is 2.46. The molecular formula is C16H21BrO2S. The molecule has 0 aliphatic carbocycles. The zero-order valence-electron chi connectivity index (χ0n) is 11.8. The number of benzene rings is 1. The Bertz CT molecular complexity index is 483. The molecule has 1 aromatic rings. The SMILES string of the molecule is CC(O)(c1cccc(Br)c1)C1CCOC2(CCSC2)C1. The van der Waals surface area contributed by atoms with Crippen molar-refractivity contribution in [1.29, 1.82) is 0 Å². The number of hydrogen-bond donors (Lipinski definition) is 1. The van der Waals surface area contributed by atoms with Crippen molar-refractivity contribution in [2.75, 3.05) is 18.1 Å². The van der Waals surface area contributed by atoms with Gasteiger partial charge in [0.1, 0.15) is 0 Å². The molecule has 3 rings (SSSR count). The number of thioether (sulfide) groups is 1. The molecule has 1 aromatic carbocycles. The van der Waals surface area contributed by atoms with Crippen LogP contribution in [0, 0.1) is 5.92 Å². The van der Waals surface area contributed by atoms with Crippen LogP contribution in [0.3, 0.4) is 0 Å². The van der Waals surface area contributed by atoms with E-state index in [9.17, 15) is 5.11 Å². The molecule has 2 nitrogen and oxygen atoms in total. The molecule has 0 aromatic heterocycles. The molecule has 3 atom stereocenters. The first-order chi connectivity index (χ1) is 9.52. The zero-order chi connectivity index (χ0) is 14.2. The first kappa shape index (κ1) is 14.9. The van der Waals surface area contributed by atoms with Crippen molar-refractivity contribution in [3.05, 3.63) is 34.3 Å². The van der Waals surface area contributed by atoms with Crippen LogP contribution in [-0.4, -0.2) is 28.8 Å². The maximum atomic E-state index is 11.1. The lowest BCUT2D eigenvalue weighted by Crippen LogP contribution is -2.46. The number of aliphatic hydroxyl groups is 1. The smallest absolute Gasteiger partial charge is 0.0898 e. The van der Waals surface area contributed by atoms with Gasteiger partial charge in [-0.25, -0.2) is 0 Å². The summed E-state index contributed by atoms with van der Waals surface area (Å²) in [7, 11) is 0. The van der Waals surface area contributed by atoms with E-state index in [0.29, 0.717) is 0 Å². The van der Waals surface area contributed by atoms with Crippen LogP contribution in [0.15, 0.2) is 28.7 Å². The van der Waals surface area contributed by atoms with Gasteiger partial charge in [-0.05, 0) is 55.6 Å². The summed E-state index contributed by atoms with van der Waals surface area (Å²) in [5, 5.41) is 11.1. The summed E-state index contributed by atoms with van der Waals surface area (Å²) in [5.74, 6) is 2.54. The average molecular weight is 357 g/mol. The van der Waals surface area contributed by atoms with E-state index in [4.69, 9.17) is 4.74 Å². The van der Waals surface area contributed by atoms with E-state index in [0.717, 1.165) is 41.7 Å². The predicted octanol–water partition coefficient (Wildman–Crippen LogP) is 3.96. The summed E-state index contributed by atoms with van der Waals surface area (Å²) in [6.45, 7) is 2.73. The molecule has 2 aliphatic heterocycles. The fraction of sp³-hybridized carbons (Fsp3) is 0.625. The molecule has 0 amide bonds.